The van der Waals surface area contributed by atoms with Gasteiger partial charge in [-0.1, -0.05) is 0 Å². The Morgan fingerprint density at radius 1 is 0.917 bits per heavy atom. The number of nitrogens with one attached hydrogen (secondary N) is 2. The molecular formula is C15H24N8O. The molecule has 0 radical (unpaired) electrons. The van der Waals surface area contributed by atoms with Crippen molar-refractivity contribution < 1.29 is 4.79 Å². The molecule has 9 heteroatoms. The second-order valence-electron chi connectivity index (χ2n) is 5.37. The van der Waals surface area contributed by atoms with E-state index in [4.69, 9.17) is 15.8 Å². The minimum Gasteiger partial charge on any atom is -0.322 e. The molecule has 0 spiro atoms. The summed E-state index contributed by atoms with van der Waals surface area (Å²) in [6, 6.07) is 6.08. The van der Waals surface area contributed by atoms with Crippen molar-refractivity contribution in [2.45, 2.75) is 0 Å². The Morgan fingerprint density at radius 3 is 2.17 bits per heavy atom. The third-order valence-electron chi connectivity index (χ3n) is 3.70. The van der Waals surface area contributed by atoms with Crippen molar-refractivity contribution in [2.75, 3.05) is 72.0 Å². The minimum absolute atomic E-state index is 0.00766. The third-order valence-corrected chi connectivity index (χ3v) is 3.70. The monoisotopic (exact) mass is 332 g/mol. The average molecular weight is 332 g/mol. The lowest BCUT2D eigenvalue weighted by Gasteiger charge is -2.22. The summed E-state index contributed by atoms with van der Waals surface area (Å²) >= 11 is 0. The van der Waals surface area contributed by atoms with Crippen molar-refractivity contribution in [2.24, 2.45) is 0 Å². The summed E-state index contributed by atoms with van der Waals surface area (Å²) in [5.41, 5.74) is 0. The topological polar surface area (TPSA) is 122 Å². The Kier molecular flexibility index (Phi) is 9.91. The first-order valence-corrected chi connectivity index (χ1v) is 8.01. The van der Waals surface area contributed by atoms with Gasteiger partial charge >= 0.3 is 6.03 Å². The van der Waals surface area contributed by atoms with Crippen molar-refractivity contribution in [3.63, 3.8) is 0 Å². The standard InChI is InChI=1S/C15H24N8O/c16-1-4-19-5-6-20-7-10-22-13-14-23(15(22)24)12-11-21(8-2-17)9-3-18/h19-20H,4-14H2. The molecule has 1 aliphatic rings. The number of nitrogens with zero attached hydrogens (tertiary/aromatic N) is 6. The van der Waals surface area contributed by atoms with E-state index in [1.54, 1.807) is 14.7 Å². The molecule has 1 fully saturated rings. The first kappa shape index (κ1) is 19.7. The zero-order valence-corrected chi connectivity index (χ0v) is 13.9. The molecule has 0 aliphatic carbocycles. The van der Waals surface area contributed by atoms with Crippen LogP contribution in [0.15, 0.2) is 0 Å². The van der Waals surface area contributed by atoms with Gasteiger partial charge in [0, 0.05) is 52.4 Å². The molecule has 24 heavy (non-hydrogen) atoms. The highest BCUT2D eigenvalue weighted by Gasteiger charge is 2.27. The number of urea groups is 1. The van der Waals surface area contributed by atoms with E-state index in [1.165, 1.54) is 0 Å². The lowest BCUT2D eigenvalue weighted by molar-refractivity contribution is 0.186. The number of nitriles is 3. The maximum atomic E-state index is 12.3. The largest absolute Gasteiger partial charge is 0.322 e. The molecular weight excluding hydrogens is 308 g/mol. The van der Waals surface area contributed by atoms with Gasteiger partial charge in [-0.15, -0.1) is 0 Å². The van der Waals surface area contributed by atoms with Gasteiger partial charge < -0.3 is 20.4 Å². The Hall–Kier alpha value is -2.38. The van der Waals surface area contributed by atoms with Crippen LogP contribution < -0.4 is 10.6 Å². The Labute approximate surface area is 143 Å². The quantitative estimate of drug-likeness (QED) is 0.339. The average Bonchev–Trinajstić information content (AvgIpc) is 2.92. The van der Waals surface area contributed by atoms with Gasteiger partial charge in [0.15, 0.2) is 0 Å². The minimum atomic E-state index is 0.00766. The predicted molar refractivity (Wildman–Crippen MR) is 87.6 cm³/mol. The van der Waals surface area contributed by atoms with E-state index in [9.17, 15) is 4.79 Å². The van der Waals surface area contributed by atoms with E-state index in [1.807, 2.05) is 18.2 Å². The van der Waals surface area contributed by atoms with Gasteiger partial charge in [-0.2, -0.15) is 15.8 Å². The number of amides is 2. The van der Waals surface area contributed by atoms with Crippen molar-refractivity contribution in [1.82, 2.24) is 25.3 Å². The van der Waals surface area contributed by atoms with Gasteiger partial charge in [0.25, 0.3) is 0 Å². The third kappa shape index (κ3) is 7.26. The Balaban J connectivity index is 2.19. The molecule has 0 aromatic heterocycles. The second-order valence-corrected chi connectivity index (χ2v) is 5.37. The molecule has 0 aromatic rings. The first-order valence-electron chi connectivity index (χ1n) is 8.01. The van der Waals surface area contributed by atoms with Crippen LogP contribution in [0.2, 0.25) is 0 Å². The number of carbonyl (C=O) groups excluding carboxylic acids is 1. The van der Waals surface area contributed by atoms with Gasteiger partial charge in [-0.25, -0.2) is 4.79 Å². The molecule has 130 valence electrons. The summed E-state index contributed by atoms with van der Waals surface area (Å²) in [7, 11) is 0. The molecule has 2 amide bonds. The molecule has 1 heterocycles. The summed E-state index contributed by atoms with van der Waals surface area (Å²) in [4.78, 5) is 17.6. The van der Waals surface area contributed by atoms with E-state index in [-0.39, 0.29) is 19.1 Å². The highest BCUT2D eigenvalue weighted by molar-refractivity contribution is 5.76. The Morgan fingerprint density at radius 2 is 1.54 bits per heavy atom. The summed E-state index contributed by atoms with van der Waals surface area (Å²) in [5, 5.41) is 32.0. The summed E-state index contributed by atoms with van der Waals surface area (Å²) in [6.45, 7) is 6.01. The second kappa shape index (κ2) is 12.1. The van der Waals surface area contributed by atoms with Gasteiger partial charge in [-0.3, -0.25) is 4.90 Å². The fraction of sp³-hybridized carbons (Fsp3) is 0.733. The van der Waals surface area contributed by atoms with Crippen LogP contribution in [0.3, 0.4) is 0 Å². The molecule has 9 nitrogen and oxygen atoms in total. The molecule has 1 rings (SSSR count). The van der Waals surface area contributed by atoms with E-state index >= 15 is 0 Å². The van der Waals surface area contributed by atoms with Crippen molar-refractivity contribution >= 4 is 6.03 Å². The van der Waals surface area contributed by atoms with Crippen LogP contribution in [0.1, 0.15) is 0 Å². The fourth-order valence-corrected chi connectivity index (χ4v) is 2.38. The lowest BCUT2D eigenvalue weighted by atomic mass is 10.4. The van der Waals surface area contributed by atoms with Crippen LogP contribution in [0.5, 0.6) is 0 Å². The smallest absolute Gasteiger partial charge is 0.320 e. The lowest BCUT2D eigenvalue weighted by Crippen LogP contribution is -2.40. The summed E-state index contributed by atoms with van der Waals surface area (Å²) < 4.78 is 0. The Bertz CT molecular complexity index is 487. The van der Waals surface area contributed by atoms with Gasteiger partial charge in [0.1, 0.15) is 0 Å². The maximum Gasteiger partial charge on any atom is 0.320 e. The number of rotatable bonds is 12. The van der Waals surface area contributed by atoms with Crippen molar-refractivity contribution in [3.05, 3.63) is 0 Å². The first-order chi connectivity index (χ1) is 11.7. The van der Waals surface area contributed by atoms with Crippen LogP contribution >= 0.6 is 0 Å². The molecule has 1 saturated heterocycles. The maximum absolute atomic E-state index is 12.3. The molecule has 1 aliphatic heterocycles. The molecule has 0 bridgehead atoms. The number of carbonyl (C=O) groups is 1. The van der Waals surface area contributed by atoms with E-state index < -0.39 is 0 Å². The van der Waals surface area contributed by atoms with Crippen molar-refractivity contribution in [3.8, 4) is 18.2 Å². The molecule has 0 aromatic carbocycles. The number of hydrogen-bond donors (Lipinski definition) is 2. The van der Waals surface area contributed by atoms with Crippen LogP contribution in [0, 0.1) is 34.0 Å². The zero-order chi connectivity index (χ0) is 17.6. The molecule has 0 saturated carbocycles. The van der Waals surface area contributed by atoms with E-state index in [0.29, 0.717) is 45.8 Å². The summed E-state index contributed by atoms with van der Waals surface area (Å²) in [5.74, 6) is 0. The normalized spacial score (nSPS) is 13.8. The van der Waals surface area contributed by atoms with Gasteiger partial charge in [0.2, 0.25) is 0 Å². The highest BCUT2D eigenvalue weighted by atomic mass is 16.2. The van der Waals surface area contributed by atoms with E-state index in [0.717, 1.165) is 13.1 Å². The zero-order valence-electron chi connectivity index (χ0n) is 13.9. The van der Waals surface area contributed by atoms with Gasteiger partial charge in [-0.05, 0) is 0 Å². The SMILES string of the molecule is N#CCNCCNCCN1CCN(CCN(CC#N)CC#N)C1=O. The van der Waals surface area contributed by atoms with Crippen molar-refractivity contribution in [1.29, 1.82) is 15.8 Å². The van der Waals surface area contributed by atoms with Crippen LogP contribution in [-0.2, 0) is 0 Å². The van der Waals surface area contributed by atoms with Gasteiger partial charge in [0.05, 0.1) is 37.8 Å². The number of hydrogen-bond acceptors (Lipinski definition) is 7. The molecule has 0 unspecified atom stereocenters. The van der Waals surface area contributed by atoms with Crippen LogP contribution in [0.4, 0.5) is 4.79 Å². The van der Waals surface area contributed by atoms with E-state index in [2.05, 4.69) is 10.6 Å². The van der Waals surface area contributed by atoms with Crippen LogP contribution in [-0.4, -0.2) is 92.7 Å². The molecule has 2 N–H and O–H groups in total. The summed E-state index contributed by atoms with van der Waals surface area (Å²) in [6.07, 6.45) is 0. The van der Waals surface area contributed by atoms with Crippen LogP contribution in [0.25, 0.3) is 0 Å². The molecule has 0 atom stereocenters. The fourth-order valence-electron chi connectivity index (χ4n) is 2.38. The highest BCUT2D eigenvalue weighted by Crippen LogP contribution is 2.07. The predicted octanol–water partition coefficient (Wildman–Crippen LogP) is -1.22.